The summed E-state index contributed by atoms with van der Waals surface area (Å²) in [6.45, 7) is 2.04. The van der Waals surface area contributed by atoms with Gasteiger partial charge in [0.15, 0.2) is 6.10 Å². The molecule has 3 heteroatoms. The fourth-order valence-corrected chi connectivity index (χ4v) is 1.72. The lowest BCUT2D eigenvalue weighted by Crippen LogP contribution is -2.36. The van der Waals surface area contributed by atoms with E-state index < -0.39 is 6.10 Å². The molecule has 0 aliphatic carbocycles. The molecule has 0 spiro atoms. The van der Waals surface area contributed by atoms with Crippen molar-refractivity contribution >= 4 is 5.91 Å². The maximum absolute atomic E-state index is 10.9. The van der Waals surface area contributed by atoms with E-state index in [9.17, 15) is 4.79 Å². The molecule has 3 nitrogen and oxygen atoms in total. The third-order valence-electron chi connectivity index (χ3n) is 2.48. The van der Waals surface area contributed by atoms with E-state index in [4.69, 9.17) is 10.5 Å². The van der Waals surface area contributed by atoms with Gasteiger partial charge < -0.3 is 10.5 Å². The number of carbonyl (C=O) groups is 1. The molecule has 0 bridgehead atoms. The maximum atomic E-state index is 10.9. The molecule has 1 aliphatic rings. The van der Waals surface area contributed by atoms with Crippen molar-refractivity contribution in [1.82, 2.24) is 0 Å². The monoisotopic (exact) mass is 191 g/mol. The van der Waals surface area contributed by atoms with Crippen LogP contribution in [0, 0.1) is 6.92 Å². The van der Waals surface area contributed by atoms with Crippen molar-refractivity contribution in [3.05, 3.63) is 29.3 Å². The Morgan fingerprint density at radius 1 is 1.57 bits per heavy atom. The molecule has 1 unspecified atom stereocenters. The topological polar surface area (TPSA) is 52.3 Å². The molecule has 0 fully saturated rings. The summed E-state index contributed by atoms with van der Waals surface area (Å²) in [7, 11) is 0. The Hall–Kier alpha value is -1.51. The van der Waals surface area contributed by atoms with Crippen molar-refractivity contribution in [2.75, 3.05) is 0 Å². The van der Waals surface area contributed by atoms with Crippen LogP contribution < -0.4 is 10.5 Å². The molecular formula is C11H13NO2. The highest BCUT2D eigenvalue weighted by Gasteiger charge is 2.23. The van der Waals surface area contributed by atoms with E-state index in [2.05, 4.69) is 6.07 Å². The summed E-state index contributed by atoms with van der Waals surface area (Å²) >= 11 is 0. The van der Waals surface area contributed by atoms with Crippen LogP contribution in [0.1, 0.15) is 17.5 Å². The first-order chi connectivity index (χ1) is 6.66. The maximum Gasteiger partial charge on any atom is 0.258 e. The molecule has 1 aromatic carbocycles. The van der Waals surface area contributed by atoms with Gasteiger partial charge in [0.05, 0.1) is 0 Å². The summed E-state index contributed by atoms with van der Waals surface area (Å²) in [6.07, 6.45) is 1.10. The SMILES string of the molecule is Cc1ccc2c(c1)CCC(C(N)=O)O2. The molecule has 2 N–H and O–H groups in total. The van der Waals surface area contributed by atoms with Crippen LogP contribution in [0.2, 0.25) is 0 Å². The zero-order valence-electron chi connectivity index (χ0n) is 8.12. The van der Waals surface area contributed by atoms with Crippen LogP contribution in [0.15, 0.2) is 18.2 Å². The molecular weight excluding hydrogens is 178 g/mol. The first-order valence-corrected chi connectivity index (χ1v) is 4.72. The van der Waals surface area contributed by atoms with E-state index in [0.717, 1.165) is 12.2 Å². The van der Waals surface area contributed by atoms with Crippen molar-refractivity contribution in [3.8, 4) is 5.75 Å². The van der Waals surface area contributed by atoms with Gasteiger partial charge >= 0.3 is 0 Å². The van der Waals surface area contributed by atoms with Crippen LogP contribution in [0.5, 0.6) is 5.75 Å². The first-order valence-electron chi connectivity index (χ1n) is 4.72. The molecule has 2 rings (SSSR count). The van der Waals surface area contributed by atoms with Gasteiger partial charge in [0.2, 0.25) is 0 Å². The highest BCUT2D eigenvalue weighted by atomic mass is 16.5. The van der Waals surface area contributed by atoms with Gasteiger partial charge in [0.1, 0.15) is 5.75 Å². The van der Waals surface area contributed by atoms with Crippen molar-refractivity contribution in [1.29, 1.82) is 0 Å². The predicted octanol–water partition coefficient (Wildman–Crippen LogP) is 1.17. The minimum absolute atomic E-state index is 0.378. The quantitative estimate of drug-likeness (QED) is 0.724. The molecule has 1 aliphatic heterocycles. The van der Waals surface area contributed by atoms with Crippen LogP contribution in [-0.2, 0) is 11.2 Å². The minimum Gasteiger partial charge on any atom is -0.480 e. The van der Waals surface area contributed by atoms with Crippen molar-refractivity contribution < 1.29 is 9.53 Å². The third-order valence-corrected chi connectivity index (χ3v) is 2.48. The average molecular weight is 191 g/mol. The molecule has 14 heavy (non-hydrogen) atoms. The molecule has 74 valence electrons. The number of ether oxygens (including phenoxy) is 1. The van der Waals surface area contributed by atoms with E-state index in [0.29, 0.717) is 6.42 Å². The van der Waals surface area contributed by atoms with Gasteiger partial charge in [0, 0.05) is 0 Å². The predicted molar refractivity (Wildman–Crippen MR) is 53.1 cm³/mol. The van der Waals surface area contributed by atoms with E-state index in [1.165, 1.54) is 11.1 Å². The Morgan fingerprint density at radius 3 is 3.07 bits per heavy atom. The standard InChI is InChI=1S/C11H13NO2/c1-7-2-4-9-8(6-7)3-5-10(14-9)11(12)13/h2,4,6,10H,3,5H2,1H3,(H2,12,13). The van der Waals surface area contributed by atoms with Crippen molar-refractivity contribution in [3.63, 3.8) is 0 Å². The van der Waals surface area contributed by atoms with E-state index in [1.807, 2.05) is 19.1 Å². The lowest BCUT2D eigenvalue weighted by atomic mass is 10.0. The summed E-state index contributed by atoms with van der Waals surface area (Å²) in [6, 6.07) is 5.97. The summed E-state index contributed by atoms with van der Waals surface area (Å²) in [5, 5.41) is 0. The molecule has 0 saturated heterocycles. The van der Waals surface area contributed by atoms with Gasteiger partial charge in [-0.05, 0) is 31.4 Å². The average Bonchev–Trinajstić information content (AvgIpc) is 2.16. The number of benzene rings is 1. The van der Waals surface area contributed by atoms with Crippen LogP contribution in [0.25, 0.3) is 0 Å². The van der Waals surface area contributed by atoms with Gasteiger partial charge in [-0.2, -0.15) is 0 Å². The number of fused-ring (bicyclic) bond motifs is 1. The molecule has 0 radical (unpaired) electrons. The second kappa shape index (κ2) is 3.33. The summed E-state index contributed by atoms with van der Waals surface area (Å²) < 4.78 is 5.47. The van der Waals surface area contributed by atoms with Crippen LogP contribution in [0.4, 0.5) is 0 Å². The molecule has 1 atom stereocenters. The van der Waals surface area contributed by atoms with Gasteiger partial charge in [-0.1, -0.05) is 17.7 Å². The number of amides is 1. The number of hydrogen-bond acceptors (Lipinski definition) is 2. The van der Waals surface area contributed by atoms with Gasteiger partial charge in [-0.3, -0.25) is 4.79 Å². The van der Waals surface area contributed by atoms with Crippen LogP contribution in [-0.4, -0.2) is 12.0 Å². The van der Waals surface area contributed by atoms with Crippen LogP contribution in [0.3, 0.4) is 0 Å². The molecule has 1 amide bonds. The molecule has 0 saturated carbocycles. The van der Waals surface area contributed by atoms with E-state index in [1.54, 1.807) is 0 Å². The van der Waals surface area contributed by atoms with Gasteiger partial charge in [-0.25, -0.2) is 0 Å². The largest absolute Gasteiger partial charge is 0.480 e. The number of nitrogens with two attached hydrogens (primary N) is 1. The number of aryl methyl sites for hydroxylation is 2. The molecule has 1 aromatic rings. The van der Waals surface area contributed by atoms with Crippen LogP contribution >= 0.6 is 0 Å². The Bertz CT molecular complexity index is 374. The molecule has 1 heterocycles. The van der Waals surface area contributed by atoms with Gasteiger partial charge in [-0.15, -0.1) is 0 Å². The Kier molecular flexibility index (Phi) is 2.15. The summed E-state index contributed by atoms with van der Waals surface area (Å²) in [5.74, 6) is 0.418. The second-order valence-corrected chi connectivity index (χ2v) is 3.66. The number of hydrogen-bond donors (Lipinski definition) is 1. The smallest absolute Gasteiger partial charge is 0.258 e. The third kappa shape index (κ3) is 1.58. The van der Waals surface area contributed by atoms with Crippen molar-refractivity contribution in [2.24, 2.45) is 5.73 Å². The Morgan fingerprint density at radius 2 is 2.36 bits per heavy atom. The second-order valence-electron chi connectivity index (χ2n) is 3.66. The number of primary amides is 1. The van der Waals surface area contributed by atoms with Gasteiger partial charge in [0.25, 0.3) is 5.91 Å². The fraction of sp³-hybridized carbons (Fsp3) is 0.364. The van der Waals surface area contributed by atoms with E-state index in [-0.39, 0.29) is 5.91 Å². The number of rotatable bonds is 1. The molecule has 0 aromatic heterocycles. The normalized spacial score (nSPS) is 19.6. The fourth-order valence-electron chi connectivity index (χ4n) is 1.72. The number of carbonyl (C=O) groups excluding carboxylic acids is 1. The zero-order valence-corrected chi connectivity index (χ0v) is 8.12. The first kappa shape index (κ1) is 9.06. The van der Waals surface area contributed by atoms with E-state index >= 15 is 0 Å². The summed E-state index contributed by atoms with van der Waals surface area (Å²) in [5.41, 5.74) is 7.57. The highest BCUT2D eigenvalue weighted by molar-refractivity contribution is 5.79. The van der Waals surface area contributed by atoms with Crippen molar-refractivity contribution in [2.45, 2.75) is 25.9 Å². The zero-order chi connectivity index (χ0) is 10.1. The Balaban J connectivity index is 2.27. The minimum atomic E-state index is -0.454. The lowest BCUT2D eigenvalue weighted by Gasteiger charge is -2.23. The Labute approximate surface area is 82.9 Å². The summed E-state index contributed by atoms with van der Waals surface area (Å²) in [4.78, 5) is 10.9. The highest BCUT2D eigenvalue weighted by Crippen LogP contribution is 2.28. The lowest BCUT2D eigenvalue weighted by molar-refractivity contribution is -0.125.